The van der Waals surface area contributed by atoms with Crippen molar-refractivity contribution in [1.29, 1.82) is 0 Å². The summed E-state index contributed by atoms with van der Waals surface area (Å²) in [5, 5.41) is 2.89. The Morgan fingerprint density at radius 1 is 1.24 bits per heavy atom. The van der Waals surface area contributed by atoms with E-state index in [1.807, 2.05) is 23.1 Å². The van der Waals surface area contributed by atoms with Crippen LogP contribution in [0.3, 0.4) is 0 Å². The summed E-state index contributed by atoms with van der Waals surface area (Å²) in [4.78, 5) is 29.1. The van der Waals surface area contributed by atoms with Crippen LogP contribution in [0.4, 0.5) is 0 Å². The Morgan fingerprint density at radius 2 is 2.04 bits per heavy atom. The SMILES string of the molecule is O=C(NC[C@@H]1CC(=O)N(CCc2ccccc2)C1)c1ccc[nH]c1=S. The molecule has 3 rings (SSSR count). The molecule has 2 heterocycles. The fourth-order valence-electron chi connectivity index (χ4n) is 3.05. The van der Waals surface area contributed by atoms with E-state index in [2.05, 4.69) is 22.4 Å². The number of nitrogens with zero attached hydrogens (tertiary/aromatic N) is 1. The lowest BCUT2D eigenvalue weighted by atomic mass is 10.1. The third-order valence-electron chi connectivity index (χ3n) is 4.42. The standard InChI is InChI=1S/C19H21N3O2S/c23-17-11-15(12-21-18(24)16-7-4-9-20-19(16)25)13-22(17)10-8-14-5-2-1-3-6-14/h1-7,9,15H,8,10-13H2,(H,20,25)(H,21,24)/t15-/m0/s1. The van der Waals surface area contributed by atoms with Crippen LogP contribution in [0, 0.1) is 10.6 Å². The van der Waals surface area contributed by atoms with Crippen LogP contribution in [-0.2, 0) is 11.2 Å². The number of hydrogen-bond acceptors (Lipinski definition) is 3. The second-order valence-electron chi connectivity index (χ2n) is 6.27. The Bertz CT molecular complexity index is 804. The van der Waals surface area contributed by atoms with Crippen LogP contribution in [0.15, 0.2) is 48.7 Å². The van der Waals surface area contributed by atoms with Crippen molar-refractivity contribution in [3.05, 3.63) is 64.4 Å². The number of rotatable bonds is 6. The van der Waals surface area contributed by atoms with Gasteiger partial charge in [-0.15, -0.1) is 0 Å². The van der Waals surface area contributed by atoms with Crippen molar-refractivity contribution < 1.29 is 9.59 Å². The smallest absolute Gasteiger partial charge is 0.254 e. The molecule has 0 unspecified atom stereocenters. The molecule has 1 aromatic carbocycles. The van der Waals surface area contributed by atoms with Gasteiger partial charge in [-0.25, -0.2) is 0 Å². The van der Waals surface area contributed by atoms with E-state index in [0.717, 1.165) is 13.0 Å². The largest absolute Gasteiger partial charge is 0.352 e. The molecular weight excluding hydrogens is 334 g/mol. The molecular formula is C19H21N3O2S. The van der Waals surface area contributed by atoms with Crippen molar-refractivity contribution in [2.24, 2.45) is 5.92 Å². The predicted molar refractivity (Wildman–Crippen MR) is 98.8 cm³/mol. The Morgan fingerprint density at radius 3 is 2.80 bits per heavy atom. The van der Waals surface area contributed by atoms with Crippen molar-refractivity contribution >= 4 is 24.0 Å². The monoisotopic (exact) mass is 355 g/mol. The molecule has 5 nitrogen and oxygen atoms in total. The number of aromatic nitrogens is 1. The minimum absolute atomic E-state index is 0.147. The van der Waals surface area contributed by atoms with Crippen molar-refractivity contribution in [2.75, 3.05) is 19.6 Å². The van der Waals surface area contributed by atoms with Gasteiger partial charge in [-0.2, -0.15) is 0 Å². The third-order valence-corrected chi connectivity index (χ3v) is 4.76. The van der Waals surface area contributed by atoms with E-state index in [1.54, 1.807) is 18.3 Å². The number of aromatic amines is 1. The van der Waals surface area contributed by atoms with Gasteiger partial charge in [0.2, 0.25) is 5.91 Å². The first-order valence-electron chi connectivity index (χ1n) is 8.41. The molecule has 1 atom stereocenters. The maximum Gasteiger partial charge on any atom is 0.254 e. The van der Waals surface area contributed by atoms with Crippen molar-refractivity contribution in [3.63, 3.8) is 0 Å². The maximum atomic E-state index is 12.2. The van der Waals surface area contributed by atoms with Crippen LogP contribution in [0.1, 0.15) is 22.3 Å². The first kappa shape index (κ1) is 17.4. The second kappa shape index (κ2) is 8.07. The van der Waals surface area contributed by atoms with Gasteiger partial charge in [-0.05, 0) is 24.1 Å². The van der Waals surface area contributed by atoms with Gasteiger partial charge in [0.15, 0.2) is 0 Å². The number of nitrogens with one attached hydrogen (secondary N) is 2. The van der Waals surface area contributed by atoms with Crippen LogP contribution in [-0.4, -0.2) is 41.3 Å². The molecule has 1 aliphatic heterocycles. The molecule has 1 saturated heterocycles. The van der Waals surface area contributed by atoms with E-state index in [1.165, 1.54) is 5.56 Å². The van der Waals surface area contributed by atoms with Gasteiger partial charge in [0.05, 0.1) is 5.56 Å². The summed E-state index contributed by atoms with van der Waals surface area (Å²) in [6.45, 7) is 1.89. The van der Waals surface area contributed by atoms with Gasteiger partial charge in [0, 0.05) is 38.2 Å². The van der Waals surface area contributed by atoms with Crippen molar-refractivity contribution in [3.8, 4) is 0 Å². The predicted octanol–water partition coefficient (Wildman–Crippen LogP) is 2.57. The van der Waals surface area contributed by atoms with E-state index in [0.29, 0.717) is 29.7 Å². The van der Waals surface area contributed by atoms with E-state index < -0.39 is 0 Å². The van der Waals surface area contributed by atoms with Crippen LogP contribution in [0.5, 0.6) is 0 Å². The summed E-state index contributed by atoms with van der Waals surface area (Å²) in [5.41, 5.74) is 1.69. The highest BCUT2D eigenvalue weighted by molar-refractivity contribution is 7.71. The summed E-state index contributed by atoms with van der Waals surface area (Å²) in [6.07, 6.45) is 3.03. The van der Waals surface area contributed by atoms with Gasteiger partial charge >= 0.3 is 0 Å². The quantitative estimate of drug-likeness (QED) is 0.783. The molecule has 1 fully saturated rings. The zero-order chi connectivity index (χ0) is 17.6. The average molecular weight is 355 g/mol. The summed E-state index contributed by atoms with van der Waals surface area (Å²) >= 11 is 5.12. The fourth-order valence-corrected chi connectivity index (χ4v) is 3.28. The lowest BCUT2D eigenvalue weighted by Crippen LogP contribution is -2.32. The molecule has 2 aromatic rings. The maximum absolute atomic E-state index is 12.2. The molecule has 0 saturated carbocycles. The number of H-pyrrole nitrogens is 1. The zero-order valence-electron chi connectivity index (χ0n) is 13.9. The number of benzene rings is 1. The summed E-state index contributed by atoms with van der Waals surface area (Å²) < 4.78 is 0.423. The van der Waals surface area contributed by atoms with Crippen LogP contribution in [0.25, 0.3) is 0 Å². The number of likely N-dealkylation sites (tertiary alicyclic amines) is 1. The van der Waals surface area contributed by atoms with Gasteiger partial charge < -0.3 is 15.2 Å². The van der Waals surface area contributed by atoms with Crippen LogP contribution in [0.2, 0.25) is 0 Å². The second-order valence-corrected chi connectivity index (χ2v) is 6.68. The van der Waals surface area contributed by atoms with E-state index >= 15 is 0 Å². The number of pyridine rings is 1. The minimum Gasteiger partial charge on any atom is -0.352 e. The topological polar surface area (TPSA) is 65.2 Å². The molecule has 0 radical (unpaired) electrons. The molecule has 6 heteroatoms. The first-order valence-corrected chi connectivity index (χ1v) is 8.82. The molecule has 1 aromatic heterocycles. The number of carbonyl (C=O) groups excluding carboxylic acids is 2. The van der Waals surface area contributed by atoms with Crippen molar-refractivity contribution in [1.82, 2.24) is 15.2 Å². The van der Waals surface area contributed by atoms with E-state index in [4.69, 9.17) is 12.2 Å². The molecule has 0 aliphatic carbocycles. The molecule has 0 bridgehead atoms. The van der Waals surface area contributed by atoms with Crippen LogP contribution >= 0.6 is 12.2 Å². The minimum atomic E-state index is -0.197. The van der Waals surface area contributed by atoms with Gasteiger partial charge in [0.1, 0.15) is 4.64 Å². The summed E-state index contributed by atoms with van der Waals surface area (Å²) in [6, 6.07) is 13.6. The Hall–Kier alpha value is -2.47. The number of amides is 2. The highest BCUT2D eigenvalue weighted by Gasteiger charge is 2.29. The summed E-state index contributed by atoms with van der Waals surface area (Å²) in [5.74, 6) is 0.109. The number of carbonyl (C=O) groups is 2. The Labute approximate surface area is 152 Å². The Balaban J connectivity index is 1.48. The molecule has 25 heavy (non-hydrogen) atoms. The summed E-state index contributed by atoms with van der Waals surface area (Å²) in [7, 11) is 0. The lowest BCUT2D eigenvalue weighted by Gasteiger charge is -2.17. The van der Waals surface area contributed by atoms with Gasteiger partial charge in [-0.3, -0.25) is 9.59 Å². The van der Waals surface area contributed by atoms with Gasteiger partial charge in [-0.1, -0.05) is 42.5 Å². The highest BCUT2D eigenvalue weighted by atomic mass is 32.1. The van der Waals surface area contributed by atoms with Crippen molar-refractivity contribution in [2.45, 2.75) is 12.8 Å². The molecule has 2 amide bonds. The lowest BCUT2D eigenvalue weighted by molar-refractivity contribution is -0.127. The average Bonchev–Trinajstić information content (AvgIpc) is 2.99. The third kappa shape index (κ3) is 4.54. The fraction of sp³-hybridized carbons (Fsp3) is 0.316. The number of hydrogen-bond donors (Lipinski definition) is 2. The first-order chi connectivity index (χ1) is 12.1. The molecule has 2 N–H and O–H groups in total. The van der Waals surface area contributed by atoms with E-state index in [-0.39, 0.29) is 17.7 Å². The van der Waals surface area contributed by atoms with Crippen LogP contribution < -0.4 is 5.32 Å². The zero-order valence-corrected chi connectivity index (χ0v) is 14.7. The normalized spacial score (nSPS) is 16.9. The Kier molecular flexibility index (Phi) is 5.60. The molecule has 0 spiro atoms. The molecule has 130 valence electrons. The van der Waals surface area contributed by atoms with Gasteiger partial charge in [0.25, 0.3) is 5.91 Å². The molecule has 1 aliphatic rings. The van der Waals surface area contributed by atoms with E-state index in [9.17, 15) is 9.59 Å². The highest BCUT2D eigenvalue weighted by Crippen LogP contribution is 2.18.